The van der Waals surface area contributed by atoms with Gasteiger partial charge in [-0.3, -0.25) is 9.59 Å². The standard InChI is InChI=1S/C36H46N4O5/c1-3-22-40(2)24-30-23-33(27-16-14-26(25-41)15-17-27)45-36(44-30)28-18-20-29(21-19-28)38-34(42)12-6-4-5-7-13-35(43)39-32-11-9-8-10-31(32)37/h3,8-11,14-21,30,33,36,41H,1,4-7,12-13,22-25,37H2,2H3,(H,38,42)(H,39,43)/t30-,33+,36+/m1/s1. The molecule has 0 unspecified atom stereocenters. The second-order valence-electron chi connectivity index (χ2n) is 11.6. The fourth-order valence-corrected chi connectivity index (χ4v) is 5.37. The molecule has 1 aliphatic rings. The maximum absolute atomic E-state index is 12.6. The van der Waals surface area contributed by atoms with Crippen molar-refractivity contribution < 1.29 is 24.2 Å². The number of carbonyl (C=O) groups is 2. The van der Waals surface area contributed by atoms with Crippen LogP contribution >= 0.6 is 0 Å². The molecule has 1 heterocycles. The van der Waals surface area contributed by atoms with Crippen LogP contribution in [0.15, 0.2) is 85.5 Å². The van der Waals surface area contributed by atoms with Crippen LogP contribution in [0, 0.1) is 0 Å². The minimum Gasteiger partial charge on any atom is -0.397 e. The van der Waals surface area contributed by atoms with E-state index in [4.69, 9.17) is 15.2 Å². The van der Waals surface area contributed by atoms with Gasteiger partial charge in [0.05, 0.1) is 30.2 Å². The Balaban J connectivity index is 1.23. The summed E-state index contributed by atoms with van der Waals surface area (Å²) in [6, 6.07) is 22.6. The molecule has 0 bridgehead atoms. The zero-order chi connectivity index (χ0) is 32.0. The largest absolute Gasteiger partial charge is 0.397 e. The van der Waals surface area contributed by atoms with Crippen LogP contribution in [0.2, 0.25) is 0 Å². The summed E-state index contributed by atoms with van der Waals surface area (Å²) in [5.74, 6) is -0.0946. The fraction of sp³-hybridized carbons (Fsp3) is 0.389. The lowest BCUT2D eigenvalue weighted by Crippen LogP contribution is -2.37. The number of para-hydroxylation sites is 2. The summed E-state index contributed by atoms with van der Waals surface area (Å²) in [7, 11) is 2.04. The van der Waals surface area contributed by atoms with Gasteiger partial charge in [0.1, 0.15) is 0 Å². The highest BCUT2D eigenvalue weighted by Gasteiger charge is 2.32. The second kappa shape index (κ2) is 17.5. The van der Waals surface area contributed by atoms with Crippen molar-refractivity contribution in [2.24, 2.45) is 0 Å². The number of unbranched alkanes of at least 4 members (excludes halogenated alkanes) is 3. The minimum atomic E-state index is -0.555. The zero-order valence-electron chi connectivity index (χ0n) is 26.1. The molecule has 3 aromatic carbocycles. The number of nitrogen functional groups attached to an aromatic ring is 1. The first-order chi connectivity index (χ1) is 21.8. The number of aliphatic hydroxyl groups is 1. The number of likely N-dealkylation sites (N-methyl/N-ethyl adjacent to an activating group) is 1. The third-order valence-corrected chi connectivity index (χ3v) is 7.83. The normalized spacial score (nSPS) is 18.0. The van der Waals surface area contributed by atoms with Crippen LogP contribution in [0.25, 0.3) is 0 Å². The van der Waals surface area contributed by atoms with Crippen molar-refractivity contribution >= 4 is 28.9 Å². The number of ether oxygens (including phenoxy) is 2. The number of nitrogens with one attached hydrogen (secondary N) is 2. The van der Waals surface area contributed by atoms with E-state index in [1.807, 2.05) is 73.8 Å². The number of amides is 2. The molecule has 45 heavy (non-hydrogen) atoms. The molecule has 3 aromatic rings. The number of carbonyl (C=O) groups excluding carboxylic acids is 2. The van der Waals surface area contributed by atoms with Gasteiger partial charge >= 0.3 is 0 Å². The molecule has 9 nitrogen and oxygen atoms in total. The predicted molar refractivity (Wildman–Crippen MR) is 178 cm³/mol. The van der Waals surface area contributed by atoms with Crippen LogP contribution in [0.4, 0.5) is 17.1 Å². The van der Waals surface area contributed by atoms with Gasteiger partial charge in [-0.15, -0.1) is 6.58 Å². The fourth-order valence-electron chi connectivity index (χ4n) is 5.37. The molecule has 0 saturated carbocycles. The molecular weight excluding hydrogens is 568 g/mol. The monoisotopic (exact) mass is 614 g/mol. The molecule has 1 aliphatic heterocycles. The number of rotatable bonds is 16. The highest BCUT2D eigenvalue weighted by molar-refractivity contribution is 5.93. The molecule has 4 rings (SSSR count). The Bertz CT molecular complexity index is 1380. The van der Waals surface area contributed by atoms with E-state index >= 15 is 0 Å². The molecule has 5 N–H and O–H groups in total. The van der Waals surface area contributed by atoms with Crippen LogP contribution in [0.3, 0.4) is 0 Å². The molecule has 0 spiro atoms. The summed E-state index contributed by atoms with van der Waals surface area (Å²) >= 11 is 0. The lowest BCUT2D eigenvalue weighted by Gasteiger charge is -2.37. The summed E-state index contributed by atoms with van der Waals surface area (Å²) in [5.41, 5.74) is 10.6. The molecule has 1 saturated heterocycles. The first-order valence-electron chi connectivity index (χ1n) is 15.7. The smallest absolute Gasteiger partial charge is 0.224 e. The van der Waals surface area contributed by atoms with Crippen molar-refractivity contribution in [3.05, 3.63) is 102 Å². The maximum atomic E-state index is 12.6. The highest BCUT2D eigenvalue weighted by atomic mass is 16.7. The van der Waals surface area contributed by atoms with E-state index in [0.29, 0.717) is 30.6 Å². The Morgan fingerprint density at radius 3 is 2.20 bits per heavy atom. The third kappa shape index (κ3) is 10.8. The van der Waals surface area contributed by atoms with Crippen LogP contribution in [0.5, 0.6) is 0 Å². The number of aliphatic hydroxyl groups excluding tert-OH is 1. The maximum Gasteiger partial charge on any atom is 0.224 e. The van der Waals surface area contributed by atoms with Crippen molar-refractivity contribution in [1.82, 2.24) is 4.90 Å². The van der Waals surface area contributed by atoms with Crippen LogP contribution < -0.4 is 16.4 Å². The molecular formula is C36H46N4O5. The molecule has 0 radical (unpaired) electrons. The number of hydrogen-bond donors (Lipinski definition) is 4. The summed E-state index contributed by atoms with van der Waals surface area (Å²) < 4.78 is 12.8. The number of nitrogens with zero attached hydrogens (tertiary/aromatic N) is 1. The van der Waals surface area contributed by atoms with Gasteiger partial charge in [0.2, 0.25) is 11.8 Å². The SMILES string of the molecule is C=CCN(C)C[C@H]1C[C@@H](c2ccc(CO)cc2)O[C@@H](c2ccc(NC(=O)CCCCCCC(=O)Nc3ccccc3N)cc2)O1. The third-order valence-electron chi connectivity index (χ3n) is 7.83. The molecule has 0 aromatic heterocycles. The average Bonchev–Trinajstić information content (AvgIpc) is 3.04. The average molecular weight is 615 g/mol. The lowest BCUT2D eigenvalue weighted by atomic mass is 9.99. The van der Waals surface area contributed by atoms with E-state index < -0.39 is 6.29 Å². The Hall–Kier alpha value is -4.02. The predicted octanol–water partition coefficient (Wildman–Crippen LogP) is 6.34. The van der Waals surface area contributed by atoms with Gasteiger partial charge < -0.3 is 35.8 Å². The summed E-state index contributed by atoms with van der Waals surface area (Å²) in [4.78, 5) is 26.9. The van der Waals surface area contributed by atoms with E-state index in [2.05, 4.69) is 22.1 Å². The number of nitrogens with two attached hydrogens (primary N) is 1. The van der Waals surface area contributed by atoms with Gasteiger partial charge in [0.15, 0.2) is 6.29 Å². The summed E-state index contributed by atoms with van der Waals surface area (Å²) in [5, 5.41) is 15.2. The van der Waals surface area contributed by atoms with Crippen LogP contribution in [0.1, 0.15) is 74.0 Å². The number of hydrogen-bond acceptors (Lipinski definition) is 7. The Kier molecular flexibility index (Phi) is 13.1. The minimum absolute atomic E-state index is 0.00159. The van der Waals surface area contributed by atoms with E-state index in [-0.39, 0.29) is 30.6 Å². The molecule has 240 valence electrons. The molecule has 9 heteroatoms. The zero-order valence-corrected chi connectivity index (χ0v) is 26.1. The number of anilines is 3. The summed E-state index contributed by atoms with van der Waals surface area (Å²) in [6.45, 7) is 5.34. The van der Waals surface area contributed by atoms with Gasteiger partial charge in [0.25, 0.3) is 0 Å². The van der Waals surface area contributed by atoms with Gasteiger partial charge in [-0.2, -0.15) is 0 Å². The lowest BCUT2D eigenvalue weighted by molar-refractivity contribution is -0.252. The van der Waals surface area contributed by atoms with Crippen molar-refractivity contribution in [1.29, 1.82) is 0 Å². The van der Waals surface area contributed by atoms with Gasteiger partial charge in [0, 0.05) is 43.6 Å². The highest BCUT2D eigenvalue weighted by Crippen LogP contribution is 2.38. The van der Waals surface area contributed by atoms with Crippen LogP contribution in [-0.4, -0.2) is 48.1 Å². The van der Waals surface area contributed by atoms with E-state index in [9.17, 15) is 14.7 Å². The Morgan fingerprint density at radius 1 is 0.911 bits per heavy atom. The van der Waals surface area contributed by atoms with E-state index in [1.165, 1.54) is 0 Å². The Morgan fingerprint density at radius 2 is 1.56 bits per heavy atom. The molecule has 0 aliphatic carbocycles. The van der Waals surface area contributed by atoms with Crippen LogP contribution in [-0.2, 0) is 25.7 Å². The summed E-state index contributed by atoms with van der Waals surface area (Å²) in [6.07, 6.45) is 5.92. The van der Waals surface area contributed by atoms with Gasteiger partial charge in [-0.05, 0) is 55.3 Å². The first kappa shape index (κ1) is 33.9. The van der Waals surface area contributed by atoms with Crippen molar-refractivity contribution in [2.45, 2.75) is 70.1 Å². The number of benzene rings is 3. The topological polar surface area (TPSA) is 126 Å². The van der Waals surface area contributed by atoms with Gasteiger partial charge in [-0.25, -0.2) is 0 Å². The molecule has 3 atom stereocenters. The van der Waals surface area contributed by atoms with Crippen molar-refractivity contribution in [3.8, 4) is 0 Å². The first-order valence-corrected chi connectivity index (χ1v) is 15.7. The van der Waals surface area contributed by atoms with E-state index in [1.54, 1.807) is 12.1 Å². The molecule has 1 fully saturated rings. The van der Waals surface area contributed by atoms with Crippen molar-refractivity contribution in [3.63, 3.8) is 0 Å². The molecule has 2 amide bonds. The van der Waals surface area contributed by atoms with Crippen molar-refractivity contribution in [2.75, 3.05) is 36.5 Å². The van der Waals surface area contributed by atoms with Gasteiger partial charge in [-0.1, -0.05) is 67.4 Å². The van der Waals surface area contributed by atoms with E-state index in [0.717, 1.165) is 61.2 Å². The second-order valence-corrected chi connectivity index (χ2v) is 11.6. The Labute approximate surface area is 266 Å². The quantitative estimate of drug-likeness (QED) is 0.0842.